The first-order valence-electron chi connectivity index (χ1n) is 3.24. The Hall–Kier alpha value is -0.900. The minimum absolute atomic E-state index is 0.373. The Kier molecular flexibility index (Phi) is 1.20. The molecule has 0 aromatic carbocycles. The predicted octanol–water partition coefficient (Wildman–Crippen LogP) is 0.492. The Morgan fingerprint density at radius 2 is 2.30 bits per heavy atom. The van der Waals surface area contributed by atoms with Crippen molar-refractivity contribution in [2.45, 2.75) is 12.8 Å². The Morgan fingerprint density at radius 3 is 2.70 bits per heavy atom. The molecule has 0 unspecified atom stereocenters. The van der Waals surface area contributed by atoms with Crippen molar-refractivity contribution < 1.29 is 9.26 Å². The fourth-order valence-electron chi connectivity index (χ4n) is 0.866. The number of rotatable bonds is 1. The van der Waals surface area contributed by atoms with E-state index >= 15 is 0 Å². The van der Waals surface area contributed by atoms with Gasteiger partial charge in [-0.25, -0.2) is 0 Å². The van der Waals surface area contributed by atoms with Gasteiger partial charge in [-0.2, -0.15) is 4.98 Å². The van der Waals surface area contributed by atoms with Gasteiger partial charge in [0.05, 0.1) is 19.1 Å². The second kappa shape index (κ2) is 2.05. The van der Waals surface area contributed by atoms with Gasteiger partial charge in [-0.05, 0) is 0 Å². The maximum atomic E-state index is 4.98. The summed E-state index contributed by atoms with van der Waals surface area (Å²) in [6.07, 6.45) is 0. The van der Waals surface area contributed by atoms with E-state index in [1.807, 2.05) is 0 Å². The van der Waals surface area contributed by atoms with Gasteiger partial charge in [-0.15, -0.1) is 0 Å². The number of ether oxygens (including phenoxy) is 1. The smallest absolute Gasteiger partial charge is 0.223 e. The average Bonchev–Trinajstić information content (AvgIpc) is 2.10. The molecule has 1 saturated heterocycles. The van der Waals surface area contributed by atoms with Crippen LogP contribution in [0.5, 0.6) is 0 Å². The highest BCUT2D eigenvalue weighted by molar-refractivity contribution is 4.97. The maximum absolute atomic E-state index is 4.98. The van der Waals surface area contributed by atoms with Crippen LogP contribution in [0.25, 0.3) is 0 Å². The third kappa shape index (κ3) is 0.806. The van der Waals surface area contributed by atoms with Crippen molar-refractivity contribution >= 4 is 0 Å². The van der Waals surface area contributed by atoms with Gasteiger partial charge in [-0.1, -0.05) is 5.16 Å². The molecule has 0 atom stereocenters. The zero-order valence-corrected chi connectivity index (χ0v) is 5.70. The van der Waals surface area contributed by atoms with E-state index in [1.54, 1.807) is 6.92 Å². The highest BCUT2D eigenvalue weighted by Gasteiger charge is 2.24. The fraction of sp³-hybridized carbons (Fsp3) is 0.667. The van der Waals surface area contributed by atoms with Gasteiger partial charge in [0.2, 0.25) is 5.89 Å². The van der Waals surface area contributed by atoms with Crippen LogP contribution in [0.15, 0.2) is 4.52 Å². The average molecular weight is 140 g/mol. The maximum Gasteiger partial charge on any atom is 0.223 e. The number of aromatic nitrogens is 2. The lowest BCUT2D eigenvalue weighted by molar-refractivity contribution is 0.00403. The van der Waals surface area contributed by atoms with Crippen molar-refractivity contribution in [3.8, 4) is 0 Å². The van der Waals surface area contributed by atoms with Crippen molar-refractivity contribution in [3.63, 3.8) is 0 Å². The number of hydrogen-bond acceptors (Lipinski definition) is 4. The molecule has 0 radical (unpaired) electrons. The summed E-state index contributed by atoms with van der Waals surface area (Å²) in [6, 6.07) is 0. The van der Waals surface area contributed by atoms with E-state index < -0.39 is 0 Å². The van der Waals surface area contributed by atoms with E-state index in [2.05, 4.69) is 10.1 Å². The van der Waals surface area contributed by atoms with Crippen LogP contribution in [-0.4, -0.2) is 23.4 Å². The van der Waals surface area contributed by atoms with Crippen LogP contribution in [0.3, 0.4) is 0 Å². The van der Waals surface area contributed by atoms with Gasteiger partial charge < -0.3 is 9.26 Å². The lowest BCUT2D eigenvalue weighted by Gasteiger charge is -2.21. The van der Waals surface area contributed by atoms with E-state index in [4.69, 9.17) is 9.26 Å². The van der Waals surface area contributed by atoms with Crippen molar-refractivity contribution in [3.05, 3.63) is 11.7 Å². The summed E-state index contributed by atoms with van der Waals surface area (Å²) in [5, 5.41) is 3.77. The predicted molar refractivity (Wildman–Crippen MR) is 32.6 cm³/mol. The summed E-state index contributed by atoms with van der Waals surface area (Å²) in [7, 11) is 0. The molecule has 0 saturated carbocycles. The van der Waals surface area contributed by atoms with E-state index in [0.29, 0.717) is 11.8 Å². The van der Waals surface area contributed by atoms with E-state index in [-0.39, 0.29) is 0 Å². The molecule has 4 heteroatoms. The zero-order chi connectivity index (χ0) is 6.97. The molecule has 2 rings (SSSR count). The normalized spacial score (nSPS) is 18.9. The minimum atomic E-state index is 0.373. The van der Waals surface area contributed by atoms with E-state index in [0.717, 1.165) is 19.0 Å². The van der Waals surface area contributed by atoms with Crippen LogP contribution in [-0.2, 0) is 4.74 Å². The molecular weight excluding hydrogens is 132 g/mol. The summed E-state index contributed by atoms with van der Waals surface area (Å²) in [4.78, 5) is 4.07. The van der Waals surface area contributed by atoms with E-state index in [9.17, 15) is 0 Å². The van der Waals surface area contributed by atoms with Crippen molar-refractivity contribution in [2.24, 2.45) is 0 Å². The van der Waals surface area contributed by atoms with Crippen LogP contribution in [0.2, 0.25) is 0 Å². The SMILES string of the molecule is Cc1nc(C2COC2)no1. The fourth-order valence-corrected chi connectivity index (χ4v) is 0.866. The summed E-state index contributed by atoms with van der Waals surface area (Å²) < 4.78 is 9.78. The third-order valence-electron chi connectivity index (χ3n) is 1.55. The molecule has 1 aromatic rings. The minimum Gasteiger partial charge on any atom is -0.380 e. The van der Waals surface area contributed by atoms with Crippen LogP contribution < -0.4 is 0 Å². The van der Waals surface area contributed by atoms with Crippen molar-refractivity contribution in [2.75, 3.05) is 13.2 Å². The summed E-state index contributed by atoms with van der Waals surface area (Å²) in [5.74, 6) is 1.78. The number of nitrogens with zero attached hydrogens (tertiary/aromatic N) is 2. The van der Waals surface area contributed by atoms with Gasteiger partial charge in [0.1, 0.15) is 0 Å². The molecule has 10 heavy (non-hydrogen) atoms. The number of hydrogen-bond donors (Lipinski definition) is 0. The molecule has 1 aliphatic rings. The molecule has 0 amide bonds. The summed E-state index contributed by atoms with van der Waals surface area (Å²) in [6.45, 7) is 3.26. The monoisotopic (exact) mass is 140 g/mol. The zero-order valence-electron chi connectivity index (χ0n) is 5.70. The summed E-state index contributed by atoms with van der Waals surface area (Å²) in [5.41, 5.74) is 0. The molecule has 0 bridgehead atoms. The molecule has 1 aromatic heterocycles. The first-order valence-corrected chi connectivity index (χ1v) is 3.24. The van der Waals surface area contributed by atoms with Gasteiger partial charge in [0, 0.05) is 6.92 Å². The van der Waals surface area contributed by atoms with Gasteiger partial charge in [0.15, 0.2) is 5.82 Å². The van der Waals surface area contributed by atoms with E-state index in [1.165, 1.54) is 0 Å². The van der Waals surface area contributed by atoms with Crippen molar-refractivity contribution in [1.29, 1.82) is 0 Å². The highest BCUT2D eigenvalue weighted by Crippen LogP contribution is 2.20. The quantitative estimate of drug-likeness (QED) is 0.569. The Balaban J connectivity index is 2.17. The second-order valence-corrected chi connectivity index (χ2v) is 2.41. The Labute approximate surface area is 58.2 Å². The molecule has 0 aliphatic carbocycles. The molecule has 2 heterocycles. The molecule has 1 fully saturated rings. The number of aryl methyl sites for hydroxylation is 1. The van der Waals surface area contributed by atoms with Crippen LogP contribution in [0.1, 0.15) is 17.6 Å². The lowest BCUT2D eigenvalue weighted by atomic mass is 10.1. The summed E-state index contributed by atoms with van der Waals surface area (Å²) >= 11 is 0. The molecule has 0 N–H and O–H groups in total. The van der Waals surface area contributed by atoms with Crippen LogP contribution in [0.4, 0.5) is 0 Å². The largest absolute Gasteiger partial charge is 0.380 e. The second-order valence-electron chi connectivity index (χ2n) is 2.41. The third-order valence-corrected chi connectivity index (χ3v) is 1.55. The first kappa shape index (κ1) is 5.85. The Morgan fingerprint density at radius 1 is 1.50 bits per heavy atom. The van der Waals surface area contributed by atoms with Gasteiger partial charge in [0.25, 0.3) is 0 Å². The van der Waals surface area contributed by atoms with Crippen LogP contribution in [0, 0.1) is 6.92 Å². The standard InChI is InChI=1S/C6H8N2O2/c1-4-7-6(8-10-4)5-2-9-3-5/h5H,2-3H2,1H3. The molecule has 54 valence electrons. The lowest BCUT2D eigenvalue weighted by Crippen LogP contribution is -2.26. The van der Waals surface area contributed by atoms with Crippen molar-refractivity contribution in [1.82, 2.24) is 10.1 Å². The highest BCUT2D eigenvalue weighted by atomic mass is 16.5. The van der Waals surface area contributed by atoms with Gasteiger partial charge in [-0.3, -0.25) is 0 Å². The molecular formula is C6H8N2O2. The van der Waals surface area contributed by atoms with Crippen LogP contribution >= 0.6 is 0 Å². The molecule has 1 aliphatic heterocycles. The molecule has 0 spiro atoms. The molecule has 4 nitrogen and oxygen atoms in total. The van der Waals surface area contributed by atoms with Gasteiger partial charge >= 0.3 is 0 Å². The topological polar surface area (TPSA) is 48.2 Å². The first-order chi connectivity index (χ1) is 4.86. The Bertz CT molecular complexity index is 229.